The number of rotatable bonds is 7. The Labute approximate surface area is 229 Å². The second-order valence-electron chi connectivity index (χ2n) is 8.88. The number of amides is 2. The maximum atomic E-state index is 13.7. The van der Waals surface area contributed by atoms with Gasteiger partial charge in [0.15, 0.2) is 0 Å². The average Bonchev–Trinajstić information content (AvgIpc) is 3.55. The minimum atomic E-state index is -0.207. The molecule has 6 nitrogen and oxygen atoms in total. The SMILES string of the molecule is CCC(C)NC(=O)CN1C(=O)CSC(c2cccs2)c2c(-c3ccccc3)nn(-c3ccccc3Cl)c21. The molecule has 1 N–H and O–H groups in total. The van der Waals surface area contributed by atoms with Gasteiger partial charge in [-0.2, -0.15) is 5.10 Å². The first-order valence-corrected chi connectivity index (χ1v) is 14.5. The van der Waals surface area contributed by atoms with Crippen LogP contribution in [0.5, 0.6) is 0 Å². The number of benzene rings is 2. The van der Waals surface area contributed by atoms with Crippen molar-refractivity contribution in [1.29, 1.82) is 0 Å². The van der Waals surface area contributed by atoms with Crippen LogP contribution in [0.15, 0.2) is 72.1 Å². The van der Waals surface area contributed by atoms with Crippen LogP contribution in [0.4, 0.5) is 5.82 Å². The Morgan fingerprint density at radius 1 is 1.14 bits per heavy atom. The first-order valence-electron chi connectivity index (χ1n) is 12.2. The van der Waals surface area contributed by atoms with Gasteiger partial charge in [0.2, 0.25) is 11.8 Å². The van der Waals surface area contributed by atoms with E-state index in [2.05, 4.69) is 11.4 Å². The van der Waals surface area contributed by atoms with E-state index in [0.29, 0.717) is 16.5 Å². The number of fused-ring (bicyclic) bond motifs is 1. The van der Waals surface area contributed by atoms with Crippen LogP contribution in [0, 0.1) is 0 Å². The second-order valence-corrected chi connectivity index (χ2v) is 11.4. The summed E-state index contributed by atoms with van der Waals surface area (Å²) in [6.07, 6.45) is 0.803. The number of nitrogens with one attached hydrogen (secondary N) is 1. The van der Waals surface area contributed by atoms with E-state index in [1.807, 2.05) is 73.8 Å². The number of hydrogen-bond acceptors (Lipinski definition) is 5. The van der Waals surface area contributed by atoms with E-state index in [9.17, 15) is 9.59 Å². The van der Waals surface area contributed by atoms with Gasteiger partial charge < -0.3 is 5.32 Å². The van der Waals surface area contributed by atoms with Crippen molar-refractivity contribution in [3.63, 3.8) is 0 Å². The Kier molecular flexibility index (Phi) is 7.69. The second kappa shape index (κ2) is 11.1. The van der Waals surface area contributed by atoms with Crippen molar-refractivity contribution in [1.82, 2.24) is 15.1 Å². The molecule has 2 aromatic heterocycles. The van der Waals surface area contributed by atoms with Gasteiger partial charge in [-0.1, -0.05) is 67.1 Å². The predicted octanol–water partition coefficient (Wildman–Crippen LogP) is 6.34. The highest BCUT2D eigenvalue weighted by Crippen LogP contribution is 2.49. The molecule has 0 spiro atoms. The molecule has 0 aliphatic carbocycles. The Hall–Kier alpha value is -3.07. The van der Waals surface area contributed by atoms with Gasteiger partial charge in [-0.25, -0.2) is 4.68 Å². The summed E-state index contributed by atoms with van der Waals surface area (Å²) in [5.41, 5.74) is 3.26. The molecule has 5 rings (SSSR count). The Balaban J connectivity index is 1.77. The van der Waals surface area contributed by atoms with E-state index in [-0.39, 0.29) is 35.4 Å². The standard InChI is InChI=1S/C28H27ClN4O2S2/c1-3-18(2)30-23(34)16-32-24(35)17-37-27(22-14-9-15-36-22)25-26(19-10-5-4-6-11-19)31-33(28(25)32)21-13-8-7-12-20(21)29/h4-15,18,27H,3,16-17H2,1-2H3,(H,30,34). The van der Waals surface area contributed by atoms with Crippen LogP contribution in [0.25, 0.3) is 16.9 Å². The number of carbonyl (C=O) groups excluding carboxylic acids is 2. The van der Waals surface area contributed by atoms with Gasteiger partial charge in [-0.15, -0.1) is 23.1 Å². The topological polar surface area (TPSA) is 67.2 Å². The number of para-hydroxylation sites is 1. The molecular formula is C28H27ClN4O2S2. The van der Waals surface area contributed by atoms with Gasteiger partial charge in [0, 0.05) is 22.0 Å². The Morgan fingerprint density at radius 3 is 2.59 bits per heavy atom. The maximum absolute atomic E-state index is 13.7. The minimum Gasteiger partial charge on any atom is -0.352 e. The largest absolute Gasteiger partial charge is 0.352 e. The average molecular weight is 551 g/mol. The fraction of sp³-hybridized carbons (Fsp3) is 0.250. The monoisotopic (exact) mass is 550 g/mol. The van der Waals surface area contributed by atoms with Crippen molar-refractivity contribution in [3.05, 3.63) is 87.6 Å². The molecule has 0 bridgehead atoms. The number of thiophene rings is 1. The number of carbonyl (C=O) groups is 2. The van der Waals surface area contributed by atoms with Crippen molar-refractivity contribution < 1.29 is 9.59 Å². The fourth-order valence-electron chi connectivity index (χ4n) is 4.35. The van der Waals surface area contributed by atoms with Gasteiger partial charge in [-0.3, -0.25) is 14.5 Å². The first-order chi connectivity index (χ1) is 18.0. The molecule has 37 heavy (non-hydrogen) atoms. The van der Waals surface area contributed by atoms with E-state index in [1.54, 1.807) is 38.7 Å². The molecule has 9 heteroatoms. The number of halogens is 1. The lowest BCUT2D eigenvalue weighted by molar-refractivity contribution is -0.123. The molecule has 2 amide bonds. The van der Waals surface area contributed by atoms with Crippen LogP contribution >= 0.6 is 34.7 Å². The summed E-state index contributed by atoms with van der Waals surface area (Å²) < 4.78 is 1.74. The fourth-order valence-corrected chi connectivity index (χ4v) is 6.74. The Morgan fingerprint density at radius 2 is 1.89 bits per heavy atom. The van der Waals surface area contributed by atoms with E-state index >= 15 is 0 Å². The van der Waals surface area contributed by atoms with E-state index in [0.717, 1.165) is 28.1 Å². The number of thioether (sulfide) groups is 1. The zero-order valence-electron chi connectivity index (χ0n) is 20.6. The molecule has 4 aromatic rings. The summed E-state index contributed by atoms with van der Waals surface area (Å²) >= 11 is 9.88. The van der Waals surface area contributed by atoms with Crippen molar-refractivity contribution >= 4 is 52.3 Å². The zero-order valence-corrected chi connectivity index (χ0v) is 22.9. The smallest absolute Gasteiger partial charge is 0.240 e. The molecule has 2 atom stereocenters. The van der Waals surface area contributed by atoms with Gasteiger partial charge in [0.05, 0.1) is 27.4 Å². The normalized spacial score (nSPS) is 16.2. The van der Waals surface area contributed by atoms with Crippen LogP contribution < -0.4 is 10.2 Å². The summed E-state index contributed by atoms with van der Waals surface area (Å²) in [7, 11) is 0. The predicted molar refractivity (Wildman–Crippen MR) is 153 cm³/mol. The highest BCUT2D eigenvalue weighted by atomic mass is 35.5. The first kappa shape index (κ1) is 25.6. The van der Waals surface area contributed by atoms with Crippen molar-refractivity contribution in [3.8, 4) is 16.9 Å². The van der Waals surface area contributed by atoms with Crippen LogP contribution in [-0.4, -0.2) is 39.9 Å². The summed E-state index contributed by atoms with van der Waals surface area (Å²) in [6, 6.07) is 21.5. The molecular weight excluding hydrogens is 524 g/mol. The molecule has 1 aliphatic heterocycles. The quantitative estimate of drug-likeness (QED) is 0.291. The third kappa shape index (κ3) is 5.19. The molecule has 190 valence electrons. The van der Waals surface area contributed by atoms with Crippen LogP contribution in [0.1, 0.15) is 36.0 Å². The lowest BCUT2D eigenvalue weighted by Crippen LogP contribution is -2.44. The Bertz CT molecular complexity index is 1410. The van der Waals surface area contributed by atoms with Gasteiger partial charge in [-0.05, 0) is 36.9 Å². The summed E-state index contributed by atoms with van der Waals surface area (Å²) in [5, 5.41) is 10.5. The summed E-state index contributed by atoms with van der Waals surface area (Å²) in [5.74, 6) is 0.475. The molecule has 0 radical (unpaired) electrons. The van der Waals surface area contributed by atoms with E-state index in [4.69, 9.17) is 16.7 Å². The highest BCUT2D eigenvalue weighted by molar-refractivity contribution is 8.00. The van der Waals surface area contributed by atoms with Crippen LogP contribution in [0.2, 0.25) is 5.02 Å². The lowest BCUT2D eigenvalue weighted by Gasteiger charge is -2.24. The van der Waals surface area contributed by atoms with Crippen molar-refractivity contribution in [2.75, 3.05) is 17.2 Å². The molecule has 0 saturated heterocycles. The number of nitrogens with zero attached hydrogens (tertiary/aromatic N) is 3. The van der Waals surface area contributed by atoms with E-state index < -0.39 is 0 Å². The lowest BCUT2D eigenvalue weighted by atomic mass is 10.0. The van der Waals surface area contributed by atoms with Gasteiger partial charge in [0.1, 0.15) is 12.4 Å². The number of anilines is 1. The van der Waals surface area contributed by atoms with Crippen molar-refractivity contribution in [2.45, 2.75) is 31.6 Å². The third-order valence-electron chi connectivity index (χ3n) is 6.34. The molecule has 0 saturated carbocycles. The summed E-state index contributed by atoms with van der Waals surface area (Å²) in [4.78, 5) is 29.4. The number of aromatic nitrogens is 2. The zero-order chi connectivity index (χ0) is 25.9. The third-order valence-corrected chi connectivity index (χ3v) is 8.98. The minimum absolute atomic E-state index is 0.00986. The van der Waals surface area contributed by atoms with Crippen molar-refractivity contribution in [2.24, 2.45) is 0 Å². The number of hydrogen-bond donors (Lipinski definition) is 1. The van der Waals surface area contributed by atoms with Gasteiger partial charge in [0.25, 0.3) is 0 Å². The van der Waals surface area contributed by atoms with Gasteiger partial charge >= 0.3 is 0 Å². The van der Waals surface area contributed by atoms with Crippen LogP contribution in [-0.2, 0) is 9.59 Å². The molecule has 0 fully saturated rings. The molecule has 2 aromatic carbocycles. The summed E-state index contributed by atoms with van der Waals surface area (Å²) in [6.45, 7) is 3.87. The molecule has 1 aliphatic rings. The highest BCUT2D eigenvalue weighted by Gasteiger charge is 2.38. The maximum Gasteiger partial charge on any atom is 0.240 e. The van der Waals surface area contributed by atoms with Crippen LogP contribution in [0.3, 0.4) is 0 Å². The molecule has 2 unspecified atom stereocenters. The van der Waals surface area contributed by atoms with E-state index in [1.165, 1.54) is 0 Å². The molecule has 3 heterocycles.